The Balaban J connectivity index is 1.96. The number of benzene rings is 2. The molecule has 0 saturated heterocycles. The first-order valence-electron chi connectivity index (χ1n) is 9.04. The standard InChI is InChI=1S/C22H29N/c1-3-22(16-18-11-13-19(23)14-12-18)15-7-6-10-21(22)20-9-5-4-8-17(20)2/h4-5,8-9,11-14,21H,3,6-7,10,15-16,23H2,1-2H3. The fourth-order valence-corrected chi connectivity index (χ4v) is 4.57. The molecule has 2 unspecified atom stereocenters. The molecule has 1 saturated carbocycles. The lowest BCUT2D eigenvalue weighted by Gasteiger charge is -2.45. The van der Waals surface area contributed by atoms with Crippen molar-refractivity contribution in [3.05, 3.63) is 65.2 Å². The highest BCUT2D eigenvalue weighted by Gasteiger charge is 2.40. The second kappa shape index (κ2) is 6.78. The van der Waals surface area contributed by atoms with Gasteiger partial charge in [-0.05, 0) is 72.8 Å². The van der Waals surface area contributed by atoms with Crippen LogP contribution in [-0.4, -0.2) is 0 Å². The number of hydrogen-bond acceptors (Lipinski definition) is 1. The van der Waals surface area contributed by atoms with Crippen LogP contribution in [0.15, 0.2) is 48.5 Å². The van der Waals surface area contributed by atoms with E-state index in [1.807, 2.05) is 12.1 Å². The van der Waals surface area contributed by atoms with Crippen LogP contribution in [-0.2, 0) is 6.42 Å². The summed E-state index contributed by atoms with van der Waals surface area (Å²) in [5.74, 6) is 0.681. The molecule has 1 nitrogen and oxygen atoms in total. The van der Waals surface area contributed by atoms with Crippen LogP contribution in [0, 0.1) is 12.3 Å². The second-order valence-electron chi connectivity index (χ2n) is 7.29. The molecule has 122 valence electrons. The van der Waals surface area contributed by atoms with Crippen LogP contribution in [0.3, 0.4) is 0 Å². The van der Waals surface area contributed by atoms with Gasteiger partial charge in [0.05, 0.1) is 0 Å². The Hall–Kier alpha value is -1.76. The van der Waals surface area contributed by atoms with Gasteiger partial charge in [-0.2, -0.15) is 0 Å². The number of anilines is 1. The van der Waals surface area contributed by atoms with E-state index in [2.05, 4.69) is 50.2 Å². The lowest BCUT2D eigenvalue weighted by molar-refractivity contribution is 0.141. The summed E-state index contributed by atoms with van der Waals surface area (Å²) in [4.78, 5) is 0. The molecule has 2 aromatic carbocycles. The molecule has 0 bridgehead atoms. The Labute approximate surface area is 140 Å². The van der Waals surface area contributed by atoms with Gasteiger partial charge >= 0.3 is 0 Å². The maximum absolute atomic E-state index is 5.86. The van der Waals surface area contributed by atoms with Gasteiger partial charge in [-0.15, -0.1) is 0 Å². The van der Waals surface area contributed by atoms with Gasteiger partial charge in [-0.3, -0.25) is 0 Å². The molecular formula is C22H29N. The fraction of sp³-hybridized carbons (Fsp3) is 0.455. The maximum Gasteiger partial charge on any atom is 0.0314 e. The van der Waals surface area contributed by atoms with Crippen molar-refractivity contribution in [3.8, 4) is 0 Å². The molecule has 2 N–H and O–H groups in total. The van der Waals surface area contributed by atoms with Crippen LogP contribution in [0.2, 0.25) is 0 Å². The van der Waals surface area contributed by atoms with Crippen molar-refractivity contribution < 1.29 is 0 Å². The van der Waals surface area contributed by atoms with E-state index in [0.29, 0.717) is 11.3 Å². The van der Waals surface area contributed by atoms with E-state index in [0.717, 1.165) is 5.69 Å². The van der Waals surface area contributed by atoms with Crippen LogP contribution in [0.5, 0.6) is 0 Å². The molecule has 2 aromatic rings. The lowest BCUT2D eigenvalue weighted by Crippen LogP contribution is -2.34. The summed E-state index contributed by atoms with van der Waals surface area (Å²) in [6.45, 7) is 4.65. The minimum absolute atomic E-state index is 0.389. The van der Waals surface area contributed by atoms with E-state index >= 15 is 0 Å². The molecule has 0 spiro atoms. The highest BCUT2D eigenvalue weighted by molar-refractivity contribution is 5.40. The average molecular weight is 307 g/mol. The monoisotopic (exact) mass is 307 g/mol. The third kappa shape index (κ3) is 3.29. The summed E-state index contributed by atoms with van der Waals surface area (Å²) in [6.07, 6.45) is 7.81. The SMILES string of the molecule is CCC1(Cc2ccc(N)cc2)CCCCC1c1ccccc1C. The van der Waals surface area contributed by atoms with Crippen molar-refractivity contribution in [2.24, 2.45) is 5.41 Å². The fourth-order valence-electron chi connectivity index (χ4n) is 4.57. The van der Waals surface area contributed by atoms with E-state index in [1.54, 1.807) is 5.56 Å². The van der Waals surface area contributed by atoms with Crippen molar-refractivity contribution in [2.45, 2.75) is 58.3 Å². The molecule has 1 aliphatic rings. The molecule has 1 fully saturated rings. The smallest absolute Gasteiger partial charge is 0.0314 e. The topological polar surface area (TPSA) is 26.0 Å². The highest BCUT2D eigenvalue weighted by atomic mass is 14.5. The third-order valence-electron chi connectivity index (χ3n) is 5.96. The molecule has 3 rings (SSSR count). The molecule has 23 heavy (non-hydrogen) atoms. The summed E-state index contributed by atoms with van der Waals surface area (Å²) < 4.78 is 0. The summed E-state index contributed by atoms with van der Waals surface area (Å²) in [5.41, 5.74) is 11.6. The van der Waals surface area contributed by atoms with E-state index in [-0.39, 0.29) is 0 Å². The first-order chi connectivity index (χ1) is 11.1. The number of rotatable bonds is 4. The van der Waals surface area contributed by atoms with Crippen molar-refractivity contribution in [1.29, 1.82) is 0 Å². The normalized spacial score (nSPS) is 24.5. The zero-order chi connectivity index (χ0) is 16.3. The van der Waals surface area contributed by atoms with Crippen LogP contribution in [0.1, 0.15) is 61.6 Å². The minimum Gasteiger partial charge on any atom is -0.399 e. The summed E-state index contributed by atoms with van der Waals surface area (Å²) in [7, 11) is 0. The lowest BCUT2D eigenvalue weighted by atomic mass is 9.59. The highest BCUT2D eigenvalue weighted by Crippen LogP contribution is 2.52. The second-order valence-corrected chi connectivity index (χ2v) is 7.29. The summed E-state index contributed by atoms with van der Waals surface area (Å²) in [6, 6.07) is 17.5. The van der Waals surface area contributed by atoms with Gasteiger partial charge in [0.1, 0.15) is 0 Å². The Morgan fingerprint density at radius 3 is 2.48 bits per heavy atom. The predicted octanol–water partition coefficient (Wildman–Crippen LogP) is 5.87. The Morgan fingerprint density at radius 1 is 1.04 bits per heavy atom. The minimum atomic E-state index is 0.389. The molecular weight excluding hydrogens is 278 g/mol. The molecule has 2 atom stereocenters. The summed E-state index contributed by atoms with van der Waals surface area (Å²) >= 11 is 0. The van der Waals surface area contributed by atoms with E-state index in [9.17, 15) is 0 Å². The molecule has 0 radical (unpaired) electrons. The van der Waals surface area contributed by atoms with Gasteiger partial charge in [0.15, 0.2) is 0 Å². The molecule has 1 aliphatic carbocycles. The first-order valence-corrected chi connectivity index (χ1v) is 9.04. The zero-order valence-corrected chi connectivity index (χ0v) is 14.5. The third-order valence-corrected chi connectivity index (χ3v) is 5.96. The quantitative estimate of drug-likeness (QED) is 0.702. The number of nitrogens with two attached hydrogens (primary N) is 1. The number of hydrogen-bond donors (Lipinski definition) is 1. The maximum atomic E-state index is 5.86. The predicted molar refractivity (Wildman–Crippen MR) is 99.7 cm³/mol. The van der Waals surface area contributed by atoms with Gasteiger partial charge < -0.3 is 5.73 Å². The first kappa shape index (κ1) is 16.1. The molecule has 1 heteroatoms. The van der Waals surface area contributed by atoms with Gasteiger partial charge in [0.25, 0.3) is 0 Å². The molecule has 0 aromatic heterocycles. The van der Waals surface area contributed by atoms with E-state index < -0.39 is 0 Å². The Bertz CT molecular complexity index is 643. The molecule has 0 heterocycles. The zero-order valence-electron chi connectivity index (χ0n) is 14.5. The van der Waals surface area contributed by atoms with Crippen molar-refractivity contribution in [3.63, 3.8) is 0 Å². The number of aryl methyl sites for hydroxylation is 1. The van der Waals surface area contributed by atoms with Crippen molar-refractivity contribution >= 4 is 5.69 Å². The van der Waals surface area contributed by atoms with Gasteiger partial charge in [0.2, 0.25) is 0 Å². The van der Waals surface area contributed by atoms with E-state index in [1.165, 1.54) is 49.7 Å². The van der Waals surface area contributed by atoms with Crippen molar-refractivity contribution in [2.75, 3.05) is 5.73 Å². The van der Waals surface area contributed by atoms with Crippen LogP contribution in [0.4, 0.5) is 5.69 Å². The number of nitrogen functional groups attached to an aromatic ring is 1. The van der Waals surface area contributed by atoms with Crippen LogP contribution >= 0.6 is 0 Å². The van der Waals surface area contributed by atoms with Gasteiger partial charge in [-0.25, -0.2) is 0 Å². The van der Waals surface area contributed by atoms with Gasteiger partial charge in [0, 0.05) is 5.69 Å². The van der Waals surface area contributed by atoms with Crippen LogP contribution < -0.4 is 5.73 Å². The Morgan fingerprint density at radius 2 is 1.78 bits per heavy atom. The van der Waals surface area contributed by atoms with Gasteiger partial charge in [-0.1, -0.05) is 56.2 Å². The summed E-state index contributed by atoms with van der Waals surface area (Å²) in [5, 5.41) is 0. The molecule has 0 amide bonds. The molecule has 0 aliphatic heterocycles. The van der Waals surface area contributed by atoms with Crippen LogP contribution in [0.25, 0.3) is 0 Å². The van der Waals surface area contributed by atoms with Crippen molar-refractivity contribution in [1.82, 2.24) is 0 Å². The average Bonchev–Trinajstić information content (AvgIpc) is 2.58. The Kier molecular flexibility index (Phi) is 4.75. The largest absolute Gasteiger partial charge is 0.399 e. The van der Waals surface area contributed by atoms with E-state index in [4.69, 9.17) is 5.73 Å².